The number of carbonyl (C=O) groups is 1. The van der Waals surface area contributed by atoms with E-state index in [-0.39, 0.29) is 41.0 Å². The van der Waals surface area contributed by atoms with Gasteiger partial charge in [0.2, 0.25) is 0 Å². The number of nitrogens with two attached hydrogens (primary N) is 1. The summed E-state index contributed by atoms with van der Waals surface area (Å²) in [6.07, 6.45) is 1.42. The lowest BCUT2D eigenvalue weighted by Crippen LogP contribution is -2.42. The van der Waals surface area contributed by atoms with Crippen LogP contribution < -0.4 is 21.9 Å². The Labute approximate surface area is 180 Å². The minimum Gasteiger partial charge on any atom is -0.385 e. The van der Waals surface area contributed by atoms with Gasteiger partial charge in [0.15, 0.2) is 15.5 Å². The first-order chi connectivity index (χ1) is 14.5. The number of rotatable bonds is 9. The van der Waals surface area contributed by atoms with E-state index in [0.717, 1.165) is 11.2 Å². The summed E-state index contributed by atoms with van der Waals surface area (Å²) in [4.78, 5) is 41.6. The number of H-pyrrole nitrogens is 1. The highest BCUT2D eigenvalue weighted by atomic mass is 32.2. The molecule has 170 valence electrons. The molecule has 0 fully saturated rings. The van der Waals surface area contributed by atoms with E-state index in [1.807, 2.05) is 13.8 Å². The van der Waals surface area contributed by atoms with Gasteiger partial charge in [0.25, 0.3) is 11.5 Å². The molecule has 1 aromatic heterocycles. The molecule has 11 heteroatoms. The van der Waals surface area contributed by atoms with Gasteiger partial charge >= 0.3 is 5.69 Å². The van der Waals surface area contributed by atoms with Crippen molar-refractivity contribution in [2.45, 2.75) is 31.7 Å². The summed E-state index contributed by atoms with van der Waals surface area (Å²) in [5.41, 5.74) is 4.62. The van der Waals surface area contributed by atoms with Crippen molar-refractivity contribution in [3.8, 4) is 0 Å². The number of hydrogen-bond acceptors (Lipinski definition) is 7. The van der Waals surface area contributed by atoms with Crippen molar-refractivity contribution < 1.29 is 17.9 Å². The number of carbonyl (C=O) groups excluding carboxylic acids is 1. The van der Waals surface area contributed by atoms with Crippen LogP contribution in [0, 0.1) is 5.92 Å². The number of methoxy groups -OCH3 is 1. The molecular formula is C20H28N4O6S. The van der Waals surface area contributed by atoms with Crippen LogP contribution in [0.15, 0.2) is 38.8 Å². The Hall–Kier alpha value is -2.92. The Morgan fingerprint density at radius 1 is 1.29 bits per heavy atom. The van der Waals surface area contributed by atoms with Crippen molar-refractivity contribution in [2.24, 2.45) is 5.92 Å². The lowest BCUT2D eigenvalue weighted by atomic mass is 10.1. The van der Waals surface area contributed by atoms with E-state index >= 15 is 0 Å². The molecule has 0 unspecified atom stereocenters. The Bertz CT molecular complexity index is 1170. The molecule has 0 saturated heterocycles. The number of sulfone groups is 1. The van der Waals surface area contributed by atoms with Crippen molar-refractivity contribution in [3.63, 3.8) is 0 Å². The molecule has 0 bridgehead atoms. The van der Waals surface area contributed by atoms with E-state index in [9.17, 15) is 22.8 Å². The van der Waals surface area contributed by atoms with Crippen molar-refractivity contribution in [1.29, 1.82) is 0 Å². The van der Waals surface area contributed by atoms with E-state index in [2.05, 4.69) is 4.98 Å². The summed E-state index contributed by atoms with van der Waals surface area (Å²) in [5, 5.41) is 0. The fourth-order valence-corrected chi connectivity index (χ4v) is 3.75. The third-order valence-electron chi connectivity index (χ3n) is 4.52. The molecule has 0 saturated carbocycles. The van der Waals surface area contributed by atoms with Crippen molar-refractivity contribution in [1.82, 2.24) is 9.55 Å². The second kappa shape index (κ2) is 9.92. The average Bonchev–Trinajstić information content (AvgIpc) is 2.68. The maximum absolute atomic E-state index is 13.3. The number of benzene rings is 1. The molecule has 0 aliphatic carbocycles. The summed E-state index contributed by atoms with van der Waals surface area (Å²) >= 11 is 0. The number of nitrogens with one attached hydrogen (secondary N) is 1. The number of aromatic amines is 1. The normalized spacial score (nSPS) is 11.6. The maximum atomic E-state index is 13.3. The van der Waals surface area contributed by atoms with Crippen LogP contribution in [0.3, 0.4) is 0 Å². The second-order valence-corrected chi connectivity index (χ2v) is 9.62. The van der Waals surface area contributed by atoms with Gasteiger partial charge in [-0.25, -0.2) is 13.2 Å². The van der Waals surface area contributed by atoms with Crippen molar-refractivity contribution in [3.05, 3.63) is 50.7 Å². The molecule has 1 aromatic carbocycles. The van der Waals surface area contributed by atoms with Gasteiger partial charge in [-0.3, -0.25) is 19.1 Å². The molecule has 0 aliphatic heterocycles. The van der Waals surface area contributed by atoms with E-state index in [1.54, 1.807) is 0 Å². The van der Waals surface area contributed by atoms with Crippen molar-refractivity contribution >= 4 is 27.2 Å². The number of nitrogen functional groups attached to an aromatic ring is 1. The van der Waals surface area contributed by atoms with Gasteiger partial charge in [-0.15, -0.1) is 0 Å². The molecule has 10 nitrogen and oxygen atoms in total. The highest BCUT2D eigenvalue weighted by Gasteiger charge is 2.26. The average molecular weight is 453 g/mol. The molecule has 0 radical (unpaired) electrons. The van der Waals surface area contributed by atoms with Crippen LogP contribution in [0.25, 0.3) is 0 Å². The number of amides is 1. The third-order valence-corrected chi connectivity index (χ3v) is 5.63. The SMILES string of the molecule is COCCCN(C(=O)c1cccc(S(C)(=O)=O)c1)c1c(N)n(CC(C)C)c(=O)[nH]c1=O. The van der Waals surface area contributed by atoms with E-state index in [4.69, 9.17) is 10.5 Å². The molecule has 2 aromatic rings. The molecule has 3 N–H and O–H groups in total. The van der Waals surface area contributed by atoms with Crippen LogP contribution in [0.1, 0.15) is 30.6 Å². The minimum atomic E-state index is -3.54. The molecule has 0 spiro atoms. The number of anilines is 2. The fourth-order valence-electron chi connectivity index (χ4n) is 3.08. The Balaban J connectivity index is 2.64. The number of hydrogen-bond donors (Lipinski definition) is 2. The first-order valence-corrected chi connectivity index (χ1v) is 11.6. The van der Waals surface area contributed by atoms with Crippen LogP contribution in [0.4, 0.5) is 11.5 Å². The minimum absolute atomic E-state index is 0.0261. The molecule has 1 amide bonds. The highest BCUT2D eigenvalue weighted by molar-refractivity contribution is 7.90. The zero-order valence-electron chi connectivity index (χ0n) is 18.0. The van der Waals surface area contributed by atoms with E-state index < -0.39 is 27.0 Å². The monoisotopic (exact) mass is 452 g/mol. The zero-order valence-corrected chi connectivity index (χ0v) is 18.9. The molecule has 1 heterocycles. The molecule has 0 aliphatic rings. The van der Waals surface area contributed by atoms with Crippen molar-refractivity contribution in [2.75, 3.05) is 37.2 Å². The summed E-state index contributed by atoms with van der Waals surface area (Å²) in [6.45, 7) is 4.40. The standard InChI is InChI=1S/C20H28N4O6S/c1-13(2)12-24-17(21)16(18(25)22-20(24)27)23(9-6-10-30-3)19(26)14-7-5-8-15(11-14)31(4,28)29/h5,7-8,11,13H,6,9-10,12,21H2,1-4H3,(H,22,25,27). The third kappa shape index (κ3) is 5.82. The molecule has 2 rings (SSSR count). The van der Waals surface area contributed by atoms with Gasteiger partial charge in [-0.1, -0.05) is 19.9 Å². The maximum Gasteiger partial charge on any atom is 0.330 e. The van der Waals surface area contributed by atoms with Gasteiger partial charge in [-0.05, 0) is 30.5 Å². The van der Waals surface area contributed by atoms with Gasteiger partial charge < -0.3 is 15.4 Å². The Morgan fingerprint density at radius 3 is 2.55 bits per heavy atom. The van der Waals surface area contributed by atoms with Crippen LogP contribution in [-0.2, 0) is 21.1 Å². The topological polar surface area (TPSA) is 145 Å². The quantitative estimate of drug-likeness (QED) is 0.537. The molecule has 0 atom stereocenters. The smallest absolute Gasteiger partial charge is 0.330 e. The lowest BCUT2D eigenvalue weighted by molar-refractivity contribution is 0.0983. The van der Waals surface area contributed by atoms with Crippen LogP contribution in [0.5, 0.6) is 0 Å². The van der Waals surface area contributed by atoms with Gasteiger partial charge in [0.1, 0.15) is 5.82 Å². The van der Waals surface area contributed by atoms with Crippen LogP contribution in [0.2, 0.25) is 0 Å². The largest absolute Gasteiger partial charge is 0.385 e. The summed E-state index contributed by atoms with van der Waals surface area (Å²) < 4.78 is 30.1. The first-order valence-electron chi connectivity index (χ1n) is 9.70. The molecule has 31 heavy (non-hydrogen) atoms. The predicted molar refractivity (Wildman–Crippen MR) is 118 cm³/mol. The van der Waals surface area contributed by atoms with Crippen LogP contribution in [-0.4, -0.2) is 50.4 Å². The molecular weight excluding hydrogens is 424 g/mol. The zero-order chi connectivity index (χ0) is 23.3. The summed E-state index contributed by atoms with van der Waals surface area (Å²) in [7, 11) is -2.04. The van der Waals surface area contributed by atoms with E-state index in [0.29, 0.717) is 13.0 Å². The highest BCUT2D eigenvalue weighted by Crippen LogP contribution is 2.22. The fraction of sp³-hybridized carbons (Fsp3) is 0.450. The number of aromatic nitrogens is 2. The summed E-state index contributed by atoms with van der Waals surface area (Å²) in [6, 6.07) is 5.53. The van der Waals surface area contributed by atoms with Gasteiger partial charge in [-0.2, -0.15) is 0 Å². The number of ether oxygens (including phenoxy) is 1. The lowest BCUT2D eigenvalue weighted by Gasteiger charge is -2.25. The first kappa shape index (κ1) is 24.4. The van der Waals surface area contributed by atoms with Gasteiger partial charge in [0.05, 0.1) is 4.90 Å². The van der Waals surface area contributed by atoms with E-state index in [1.165, 1.54) is 35.9 Å². The van der Waals surface area contributed by atoms with Crippen LogP contribution >= 0.6 is 0 Å². The summed E-state index contributed by atoms with van der Waals surface area (Å²) in [5.74, 6) is -0.691. The second-order valence-electron chi connectivity index (χ2n) is 7.60. The Morgan fingerprint density at radius 2 is 1.97 bits per heavy atom. The number of nitrogens with zero attached hydrogens (tertiary/aromatic N) is 2. The Kier molecular flexibility index (Phi) is 7.80. The predicted octanol–water partition coefficient (Wildman–Crippen LogP) is 0.862. The van der Waals surface area contributed by atoms with Gasteiger partial charge in [0, 0.05) is 38.6 Å².